The van der Waals surface area contributed by atoms with Crippen LogP contribution in [0.25, 0.3) is 0 Å². The van der Waals surface area contributed by atoms with Gasteiger partial charge in [-0.1, -0.05) is 0 Å². The Morgan fingerprint density at radius 1 is 1.48 bits per heavy atom. The molecule has 2 rings (SSSR count). The summed E-state index contributed by atoms with van der Waals surface area (Å²) >= 11 is 3.00. The van der Waals surface area contributed by atoms with Gasteiger partial charge in [0, 0.05) is 23.5 Å². The molecule has 114 valence electrons. The zero-order valence-electron chi connectivity index (χ0n) is 10.3. The number of carbonyl (C=O) groups excluding carboxylic acids is 1. The second-order valence-electron chi connectivity index (χ2n) is 4.43. The molecule has 1 aliphatic rings. The van der Waals surface area contributed by atoms with Gasteiger partial charge in [0.1, 0.15) is 5.25 Å². The number of nitro groups is 1. The van der Waals surface area contributed by atoms with Gasteiger partial charge in [-0.15, -0.1) is 0 Å². The highest BCUT2D eigenvalue weighted by Gasteiger charge is 2.38. The number of carbonyl (C=O) groups is 1. The summed E-state index contributed by atoms with van der Waals surface area (Å²) in [5.74, 6) is -1.62. The van der Waals surface area contributed by atoms with Crippen LogP contribution < -0.4 is 10.0 Å². The number of sulfonamides is 1. The molecule has 21 heavy (non-hydrogen) atoms. The molecule has 11 heteroatoms. The summed E-state index contributed by atoms with van der Waals surface area (Å²) in [6.45, 7) is -0.237. The lowest BCUT2D eigenvalue weighted by Gasteiger charge is -2.18. The summed E-state index contributed by atoms with van der Waals surface area (Å²) in [6, 6.07) is 1.73. The minimum absolute atomic E-state index is 0.0271. The van der Waals surface area contributed by atoms with Crippen molar-refractivity contribution in [2.24, 2.45) is 5.14 Å². The molecule has 0 bridgehead atoms. The summed E-state index contributed by atoms with van der Waals surface area (Å²) in [7, 11) is -3.91. The van der Waals surface area contributed by atoms with Crippen molar-refractivity contribution in [3.63, 3.8) is 0 Å². The molecule has 1 aliphatic heterocycles. The molecule has 2 N–H and O–H groups in total. The molecule has 1 unspecified atom stereocenters. The van der Waals surface area contributed by atoms with Gasteiger partial charge in [0.15, 0.2) is 0 Å². The van der Waals surface area contributed by atoms with Crippen molar-refractivity contribution in [1.82, 2.24) is 0 Å². The van der Waals surface area contributed by atoms with E-state index in [1.165, 1.54) is 0 Å². The summed E-state index contributed by atoms with van der Waals surface area (Å²) in [6.07, 6.45) is -0.323. The van der Waals surface area contributed by atoms with E-state index in [2.05, 4.69) is 15.9 Å². The monoisotopic (exact) mass is 381 g/mol. The summed E-state index contributed by atoms with van der Waals surface area (Å²) in [5, 5.41) is 14.6. The predicted molar refractivity (Wildman–Crippen MR) is 74.6 cm³/mol. The minimum Gasteiger partial charge on any atom is -0.310 e. The fraction of sp³-hybridized carbons (Fsp3) is 0.300. The van der Waals surface area contributed by atoms with Crippen molar-refractivity contribution in [3.05, 3.63) is 32.5 Å². The normalized spacial score (nSPS) is 19.1. The molecule has 1 aromatic rings. The first kappa shape index (κ1) is 15.8. The summed E-state index contributed by atoms with van der Waals surface area (Å²) in [5.41, 5.74) is -0.778. The maximum absolute atomic E-state index is 13.4. The first-order valence-electron chi connectivity index (χ1n) is 5.56. The number of nitro benzene ring substituents is 1. The van der Waals surface area contributed by atoms with Gasteiger partial charge < -0.3 is 4.90 Å². The Labute approximate surface area is 127 Å². The van der Waals surface area contributed by atoms with Crippen LogP contribution in [-0.2, 0) is 14.8 Å². The molecule has 1 saturated heterocycles. The van der Waals surface area contributed by atoms with Crippen LogP contribution in [0.15, 0.2) is 16.6 Å². The molecule has 1 heterocycles. The number of hydrogen-bond donors (Lipinski definition) is 1. The molecule has 1 aromatic carbocycles. The second-order valence-corrected chi connectivity index (χ2v) is 7.13. The first-order chi connectivity index (χ1) is 9.61. The van der Waals surface area contributed by atoms with Crippen LogP contribution in [-0.4, -0.2) is 31.0 Å². The highest BCUT2D eigenvalue weighted by atomic mass is 79.9. The summed E-state index contributed by atoms with van der Waals surface area (Å²) in [4.78, 5) is 22.7. The SMILES string of the molecule is NS(=O)(=O)C1CC(=O)N(c2cc([N+](=O)[O-])c(F)cc2Br)C1. The number of nitrogens with zero attached hydrogens (tertiary/aromatic N) is 2. The van der Waals surface area contributed by atoms with E-state index in [0.29, 0.717) is 0 Å². The van der Waals surface area contributed by atoms with E-state index in [0.717, 1.165) is 17.0 Å². The number of anilines is 1. The topological polar surface area (TPSA) is 124 Å². The highest BCUT2D eigenvalue weighted by Crippen LogP contribution is 2.35. The maximum Gasteiger partial charge on any atom is 0.306 e. The van der Waals surface area contributed by atoms with Crippen molar-refractivity contribution in [2.75, 3.05) is 11.4 Å². The Bertz CT molecular complexity index is 738. The van der Waals surface area contributed by atoms with Crippen molar-refractivity contribution in [1.29, 1.82) is 0 Å². The van der Waals surface area contributed by atoms with E-state index < -0.39 is 37.6 Å². The van der Waals surface area contributed by atoms with Crippen molar-refractivity contribution in [3.8, 4) is 0 Å². The van der Waals surface area contributed by atoms with E-state index >= 15 is 0 Å². The standard InChI is InChI=1S/C10H9BrFN3O5S/c11-6-2-7(12)9(15(17)18)3-8(6)14-4-5(1-10(14)16)21(13,19)20/h2-3,5H,1,4H2,(H2,13,19,20). The third-order valence-corrected chi connectivity index (χ3v) is 4.94. The quantitative estimate of drug-likeness (QED) is 0.614. The fourth-order valence-corrected chi connectivity index (χ4v) is 3.26. The van der Waals surface area contributed by atoms with Gasteiger partial charge >= 0.3 is 5.69 Å². The molecule has 0 saturated carbocycles. The zero-order chi connectivity index (χ0) is 15.9. The van der Waals surface area contributed by atoms with Crippen LogP contribution in [0.2, 0.25) is 0 Å². The maximum atomic E-state index is 13.4. The van der Waals surface area contributed by atoms with Gasteiger partial charge in [-0.05, 0) is 22.0 Å². The van der Waals surface area contributed by atoms with E-state index in [-0.39, 0.29) is 23.1 Å². The molecule has 0 spiro atoms. The third-order valence-electron chi connectivity index (χ3n) is 3.06. The number of nitrogens with two attached hydrogens (primary N) is 1. The van der Waals surface area contributed by atoms with Crippen molar-refractivity contribution < 1.29 is 22.5 Å². The second kappa shape index (κ2) is 5.31. The molecule has 8 nitrogen and oxygen atoms in total. The predicted octanol–water partition coefficient (Wildman–Crippen LogP) is 0.890. The lowest BCUT2D eigenvalue weighted by atomic mass is 10.2. The number of halogens is 2. The lowest BCUT2D eigenvalue weighted by Crippen LogP contribution is -2.32. The molecule has 1 amide bonds. The van der Waals surface area contributed by atoms with Gasteiger partial charge in [0.25, 0.3) is 0 Å². The van der Waals surface area contributed by atoms with E-state index in [4.69, 9.17) is 5.14 Å². The minimum atomic E-state index is -3.91. The van der Waals surface area contributed by atoms with Crippen molar-refractivity contribution in [2.45, 2.75) is 11.7 Å². The Kier molecular flexibility index (Phi) is 4.00. The van der Waals surface area contributed by atoms with Gasteiger partial charge in [0.05, 0.1) is 10.6 Å². The highest BCUT2D eigenvalue weighted by molar-refractivity contribution is 9.10. The molecule has 0 aromatic heterocycles. The van der Waals surface area contributed by atoms with Crippen LogP contribution >= 0.6 is 15.9 Å². The lowest BCUT2D eigenvalue weighted by molar-refractivity contribution is -0.387. The Morgan fingerprint density at radius 2 is 2.10 bits per heavy atom. The first-order valence-corrected chi connectivity index (χ1v) is 7.97. The van der Waals surface area contributed by atoms with E-state index in [1.54, 1.807) is 0 Å². The average Bonchev–Trinajstić information content (AvgIpc) is 2.70. The summed E-state index contributed by atoms with van der Waals surface area (Å²) < 4.78 is 36.1. The van der Waals surface area contributed by atoms with E-state index in [1.807, 2.05) is 0 Å². The molecule has 0 aliphatic carbocycles. The van der Waals surface area contributed by atoms with E-state index in [9.17, 15) is 27.7 Å². The van der Waals surface area contributed by atoms with Gasteiger partial charge in [0.2, 0.25) is 21.7 Å². The smallest absolute Gasteiger partial charge is 0.306 e. The molecule has 0 radical (unpaired) electrons. The number of amides is 1. The Hall–Kier alpha value is -1.59. The number of benzene rings is 1. The van der Waals surface area contributed by atoms with Gasteiger partial charge in [-0.2, -0.15) is 4.39 Å². The van der Waals surface area contributed by atoms with Crippen LogP contribution in [0, 0.1) is 15.9 Å². The van der Waals surface area contributed by atoms with Gasteiger partial charge in [-0.25, -0.2) is 13.6 Å². The number of rotatable bonds is 3. The molecular formula is C10H9BrFN3O5S. The average molecular weight is 382 g/mol. The van der Waals surface area contributed by atoms with Crippen LogP contribution in [0.1, 0.15) is 6.42 Å². The molecular weight excluding hydrogens is 373 g/mol. The number of hydrogen-bond acceptors (Lipinski definition) is 5. The zero-order valence-corrected chi connectivity index (χ0v) is 12.7. The molecule has 1 atom stereocenters. The third kappa shape index (κ3) is 3.04. The number of primary sulfonamides is 1. The van der Waals surface area contributed by atoms with Crippen LogP contribution in [0.4, 0.5) is 15.8 Å². The Morgan fingerprint density at radius 3 is 2.57 bits per heavy atom. The Balaban J connectivity index is 2.45. The van der Waals surface area contributed by atoms with Crippen LogP contribution in [0.5, 0.6) is 0 Å². The largest absolute Gasteiger partial charge is 0.310 e. The van der Waals surface area contributed by atoms with Crippen LogP contribution in [0.3, 0.4) is 0 Å². The molecule has 1 fully saturated rings. The van der Waals surface area contributed by atoms with Gasteiger partial charge in [-0.3, -0.25) is 14.9 Å². The fourth-order valence-electron chi connectivity index (χ4n) is 2.00. The van der Waals surface area contributed by atoms with Crippen molar-refractivity contribution >= 4 is 43.2 Å².